The van der Waals surface area contributed by atoms with Gasteiger partial charge in [-0.2, -0.15) is 0 Å². The Bertz CT molecular complexity index is 451. The van der Waals surface area contributed by atoms with Crippen LogP contribution in [0, 0.1) is 0 Å². The summed E-state index contributed by atoms with van der Waals surface area (Å²) in [6, 6.07) is 21.8. The Hall–Kier alpha value is -0.730. The standard InChI is InChI=1S/C15H15BrS/c16-17(15-11-12-15,13-7-3-1-4-8-13)14-9-5-2-6-10-14/h1-10,15H,11-12H2. The summed E-state index contributed by atoms with van der Waals surface area (Å²) in [5.41, 5.74) is 0. The van der Waals surface area contributed by atoms with Crippen molar-refractivity contribution in [1.29, 1.82) is 0 Å². The summed E-state index contributed by atoms with van der Waals surface area (Å²) in [4.78, 5) is 2.90. The Balaban J connectivity index is 2.11. The van der Waals surface area contributed by atoms with Gasteiger partial charge >= 0.3 is 0 Å². The summed E-state index contributed by atoms with van der Waals surface area (Å²) < 4.78 is 0. The fraction of sp³-hybridized carbons (Fsp3) is 0.200. The predicted octanol–water partition coefficient (Wildman–Crippen LogP) is 5.38. The SMILES string of the molecule is BrS(c1ccccc1)(c1ccccc1)C1CC1. The first-order valence-corrected chi connectivity index (χ1v) is 9.48. The summed E-state index contributed by atoms with van der Waals surface area (Å²) >= 11 is 4.11. The monoisotopic (exact) mass is 306 g/mol. The molecule has 2 aromatic carbocycles. The maximum Gasteiger partial charge on any atom is 0.00609 e. The van der Waals surface area contributed by atoms with Gasteiger partial charge in [0.05, 0.1) is 0 Å². The van der Waals surface area contributed by atoms with Crippen molar-refractivity contribution in [3.63, 3.8) is 0 Å². The average molecular weight is 307 g/mol. The molecule has 0 N–H and O–H groups in total. The lowest BCUT2D eigenvalue weighted by molar-refractivity contribution is 1.32. The van der Waals surface area contributed by atoms with Crippen molar-refractivity contribution >= 4 is 23.3 Å². The second kappa shape index (κ2) is 4.51. The van der Waals surface area contributed by atoms with Gasteiger partial charge in [-0.25, -0.2) is 0 Å². The molecule has 0 bridgehead atoms. The summed E-state index contributed by atoms with van der Waals surface area (Å²) in [6.07, 6.45) is 2.70. The summed E-state index contributed by atoms with van der Waals surface area (Å²) in [6.45, 7) is 0. The third-order valence-electron chi connectivity index (χ3n) is 3.16. The third-order valence-corrected chi connectivity index (χ3v) is 10.3. The number of rotatable bonds is 3. The molecule has 0 nitrogen and oxygen atoms in total. The number of benzene rings is 2. The lowest BCUT2D eigenvalue weighted by Crippen LogP contribution is -1.99. The van der Waals surface area contributed by atoms with Crippen LogP contribution in [0.3, 0.4) is 0 Å². The molecule has 1 aliphatic carbocycles. The summed E-state index contributed by atoms with van der Waals surface area (Å²) in [5.74, 6) is 0. The van der Waals surface area contributed by atoms with E-state index in [2.05, 4.69) is 75.5 Å². The van der Waals surface area contributed by atoms with E-state index in [1.165, 1.54) is 22.6 Å². The average Bonchev–Trinajstić information content (AvgIpc) is 3.24. The number of hydrogen-bond acceptors (Lipinski definition) is 0. The summed E-state index contributed by atoms with van der Waals surface area (Å²) in [5, 5.41) is 0.812. The van der Waals surface area contributed by atoms with E-state index in [0.29, 0.717) is 0 Å². The fourth-order valence-electron chi connectivity index (χ4n) is 2.15. The third kappa shape index (κ3) is 2.04. The van der Waals surface area contributed by atoms with Crippen molar-refractivity contribution in [2.75, 3.05) is 0 Å². The van der Waals surface area contributed by atoms with Gasteiger partial charge in [-0.15, -0.1) is 8.46 Å². The van der Waals surface area contributed by atoms with Gasteiger partial charge in [0, 0.05) is 15.0 Å². The van der Waals surface area contributed by atoms with E-state index >= 15 is 0 Å². The minimum absolute atomic E-state index is 0.812. The zero-order valence-electron chi connectivity index (χ0n) is 9.55. The van der Waals surface area contributed by atoms with Gasteiger partial charge in [-0.3, -0.25) is 0 Å². The van der Waals surface area contributed by atoms with Crippen LogP contribution in [0.5, 0.6) is 0 Å². The van der Waals surface area contributed by atoms with Crippen molar-refractivity contribution in [3.8, 4) is 0 Å². The molecule has 0 aliphatic heterocycles. The molecule has 1 fully saturated rings. The molecule has 0 amide bonds. The molecule has 0 saturated heterocycles. The zero-order chi connectivity index (χ0) is 11.7. The van der Waals surface area contributed by atoms with Crippen LogP contribution in [0.4, 0.5) is 0 Å². The second-order valence-corrected chi connectivity index (χ2v) is 10.2. The Morgan fingerprint density at radius 2 is 1.18 bits per heavy atom. The molecule has 0 aromatic heterocycles. The minimum Gasteiger partial charge on any atom is -0.126 e. The highest BCUT2D eigenvalue weighted by molar-refractivity contribution is 9.58. The van der Waals surface area contributed by atoms with E-state index in [1.54, 1.807) is 0 Å². The molecule has 2 aromatic rings. The van der Waals surface area contributed by atoms with Crippen LogP contribution in [0.15, 0.2) is 70.5 Å². The quantitative estimate of drug-likeness (QED) is 0.714. The minimum atomic E-state index is -0.989. The lowest BCUT2D eigenvalue weighted by atomic mass is 10.4. The fourth-order valence-corrected chi connectivity index (χ4v) is 7.50. The first kappa shape index (κ1) is 11.4. The van der Waals surface area contributed by atoms with Gasteiger partial charge in [0.25, 0.3) is 0 Å². The van der Waals surface area contributed by atoms with E-state index in [0.717, 1.165) is 5.25 Å². The first-order valence-electron chi connectivity index (χ1n) is 5.94. The van der Waals surface area contributed by atoms with Crippen LogP contribution in [0.2, 0.25) is 0 Å². The van der Waals surface area contributed by atoms with E-state index in [4.69, 9.17) is 0 Å². The van der Waals surface area contributed by atoms with Crippen molar-refractivity contribution in [1.82, 2.24) is 0 Å². The highest BCUT2D eigenvalue weighted by Crippen LogP contribution is 2.76. The molecule has 17 heavy (non-hydrogen) atoms. The molecule has 0 heterocycles. The Morgan fingerprint density at radius 3 is 1.53 bits per heavy atom. The zero-order valence-corrected chi connectivity index (χ0v) is 12.0. The van der Waals surface area contributed by atoms with Crippen molar-refractivity contribution in [2.45, 2.75) is 27.9 Å². The van der Waals surface area contributed by atoms with Gasteiger partial charge in [-0.1, -0.05) is 36.4 Å². The molecular weight excluding hydrogens is 292 g/mol. The first-order chi connectivity index (χ1) is 8.32. The topological polar surface area (TPSA) is 0 Å². The molecule has 2 heteroatoms. The molecule has 0 radical (unpaired) electrons. The molecule has 88 valence electrons. The van der Waals surface area contributed by atoms with E-state index in [9.17, 15) is 0 Å². The van der Waals surface area contributed by atoms with Crippen LogP contribution >= 0.6 is 23.3 Å². The molecule has 3 rings (SSSR count). The maximum atomic E-state index is 4.11. The normalized spacial score (nSPS) is 16.8. The van der Waals surface area contributed by atoms with Crippen molar-refractivity contribution < 1.29 is 0 Å². The Morgan fingerprint density at radius 1 is 0.765 bits per heavy atom. The van der Waals surface area contributed by atoms with Crippen molar-refractivity contribution in [3.05, 3.63) is 60.7 Å². The molecular formula is C15H15BrS. The Labute approximate surface area is 112 Å². The molecule has 0 atom stereocenters. The second-order valence-electron chi connectivity index (χ2n) is 4.41. The van der Waals surface area contributed by atoms with Gasteiger partial charge in [0.1, 0.15) is 0 Å². The lowest BCUT2D eigenvalue weighted by Gasteiger charge is -2.34. The van der Waals surface area contributed by atoms with Crippen LogP contribution < -0.4 is 0 Å². The van der Waals surface area contributed by atoms with E-state index in [1.807, 2.05) is 0 Å². The van der Waals surface area contributed by atoms with Crippen LogP contribution in [0.1, 0.15) is 12.8 Å². The molecule has 0 unspecified atom stereocenters. The van der Waals surface area contributed by atoms with Crippen LogP contribution in [-0.4, -0.2) is 5.25 Å². The van der Waals surface area contributed by atoms with Gasteiger partial charge in [0.2, 0.25) is 0 Å². The predicted molar refractivity (Wildman–Crippen MR) is 79.0 cm³/mol. The molecule has 1 aliphatic rings. The smallest absolute Gasteiger partial charge is 0.00609 e. The number of hydrogen-bond donors (Lipinski definition) is 0. The van der Waals surface area contributed by atoms with Gasteiger partial charge in [0.15, 0.2) is 0 Å². The van der Waals surface area contributed by atoms with Crippen LogP contribution in [-0.2, 0) is 0 Å². The van der Waals surface area contributed by atoms with Gasteiger partial charge in [-0.05, 0) is 51.9 Å². The van der Waals surface area contributed by atoms with Gasteiger partial charge < -0.3 is 0 Å². The van der Waals surface area contributed by atoms with E-state index < -0.39 is 8.46 Å². The maximum absolute atomic E-state index is 4.11. The summed E-state index contributed by atoms with van der Waals surface area (Å²) in [7, 11) is -0.989. The molecule has 0 spiro atoms. The highest BCUT2D eigenvalue weighted by atomic mass is 79.9. The largest absolute Gasteiger partial charge is 0.126 e. The van der Waals surface area contributed by atoms with Crippen molar-refractivity contribution in [2.24, 2.45) is 0 Å². The van der Waals surface area contributed by atoms with E-state index in [-0.39, 0.29) is 0 Å². The number of halogens is 1. The Kier molecular flexibility index (Phi) is 3.01. The van der Waals surface area contributed by atoms with Crippen LogP contribution in [0.25, 0.3) is 0 Å². The molecule has 1 saturated carbocycles. The highest BCUT2D eigenvalue weighted by Gasteiger charge is 2.41.